The van der Waals surface area contributed by atoms with Crippen molar-refractivity contribution in [3.05, 3.63) is 87.7 Å². The van der Waals surface area contributed by atoms with E-state index in [2.05, 4.69) is 88.2 Å². The lowest BCUT2D eigenvalue weighted by molar-refractivity contribution is -0.0520. The van der Waals surface area contributed by atoms with Gasteiger partial charge in [0.15, 0.2) is 14.5 Å². The number of benzene rings is 1. The van der Waals surface area contributed by atoms with Crippen LogP contribution in [-0.4, -0.2) is 54.9 Å². The highest BCUT2D eigenvalue weighted by molar-refractivity contribution is 6.90. The lowest BCUT2D eigenvalue weighted by atomic mass is 9.89. The minimum absolute atomic E-state index is 0.176. The number of hydrogen-bond acceptors (Lipinski definition) is 6. The smallest absolute Gasteiger partial charge is 0.330 e. The van der Waals surface area contributed by atoms with Crippen LogP contribution in [0.4, 0.5) is 0 Å². The molecule has 42 heavy (non-hydrogen) atoms. The summed E-state index contributed by atoms with van der Waals surface area (Å²) in [4.78, 5) is 37.7. The SMILES string of the molecule is CC(C)(CC[C@H]1[C@@H](O)[C@H](n2ccc(=O)[nH]c2=O)O[C@@H]1CO[Si](c1ccccc1)(C1C=CC=CC1)C(C)(C)C)[Si](C)(C)O. The van der Waals surface area contributed by atoms with Crippen molar-refractivity contribution >= 4 is 21.8 Å². The average Bonchev–Trinajstić information content (AvgIpc) is 3.22. The fourth-order valence-corrected chi connectivity index (χ4v) is 12.3. The van der Waals surface area contributed by atoms with Gasteiger partial charge >= 0.3 is 5.69 Å². The Bertz CT molecular complexity index is 1390. The van der Waals surface area contributed by atoms with Gasteiger partial charge in [-0.15, -0.1) is 0 Å². The van der Waals surface area contributed by atoms with Crippen LogP contribution in [0.15, 0.2) is 76.5 Å². The second kappa shape index (κ2) is 12.3. The zero-order valence-electron chi connectivity index (χ0n) is 26.0. The largest absolute Gasteiger partial charge is 0.432 e. The monoisotopic (exact) mass is 612 g/mol. The maximum atomic E-state index is 12.7. The molecule has 1 aliphatic heterocycles. The molecule has 10 heteroatoms. The minimum atomic E-state index is -2.75. The third-order valence-electron chi connectivity index (χ3n) is 9.70. The van der Waals surface area contributed by atoms with Crippen LogP contribution in [0.1, 0.15) is 60.1 Å². The summed E-state index contributed by atoms with van der Waals surface area (Å²) in [6, 6.07) is 11.8. The lowest BCUT2D eigenvalue weighted by Crippen LogP contribution is -2.61. The summed E-state index contributed by atoms with van der Waals surface area (Å²) in [7, 11) is -5.24. The van der Waals surface area contributed by atoms with Crippen LogP contribution in [0.5, 0.6) is 0 Å². The third kappa shape index (κ3) is 6.44. The highest BCUT2D eigenvalue weighted by atomic mass is 28.4. The number of aliphatic hydroxyl groups is 1. The molecule has 1 saturated heterocycles. The Balaban J connectivity index is 1.71. The summed E-state index contributed by atoms with van der Waals surface area (Å²) < 4.78 is 15.0. The molecular weight excluding hydrogens is 565 g/mol. The number of ether oxygens (including phenoxy) is 1. The van der Waals surface area contributed by atoms with Crippen LogP contribution in [0.25, 0.3) is 0 Å². The minimum Gasteiger partial charge on any atom is -0.432 e. The van der Waals surface area contributed by atoms with Crippen LogP contribution >= 0.6 is 0 Å². The Morgan fingerprint density at radius 1 is 1.07 bits per heavy atom. The molecule has 1 aromatic heterocycles. The third-order valence-corrected chi connectivity index (χ3v) is 18.8. The average molecular weight is 613 g/mol. The van der Waals surface area contributed by atoms with Crippen molar-refractivity contribution in [1.82, 2.24) is 9.55 Å². The molecule has 0 amide bonds. The molecule has 0 bridgehead atoms. The van der Waals surface area contributed by atoms with Crippen molar-refractivity contribution in [3.63, 3.8) is 0 Å². The molecule has 2 aromatic rings. The van der Waals surface area contributed by atoms with Gasteiger partial charge in [0.05, 0.1) is 12.7 Å². The first-order valence-electron chi connectivity index (χ1n) is 15.0. The molecule has 2 heterocycles. The number of nitrogens with one attached hydrogen (secondary N) is 1. The molecule has 3 N–H and O–H groups in total. The zero-order valence-corrected chi connectivity index (χ0v) is 28.0. The van der Waals surface area contributed by atoms with E-state index in [0.717, 1.165) is 6.42 Å². The number of nitrogens with zero attached hydrogens (tertiary/aromatic N) is 1. The number of aliphatic hydroxyl groups excluding tert-OH is 1. The number of hydrogen-bond donors (Lipinski definition) is 3. The normalized spacial score (nSPS) is 26.4. The van der Waals surface area contributed by atoms with Gasteiger partial charge in [-0.05, 0) is 47.6 Å². The van der Waals surface area contributed by atoms with Crippen molar-refractivity contribution in [2.45, 2.75) is 101 Å². The molecule has 8 nitrogen and oxygen atoms in total. The predicted molar refractivity (Wildman–Crippen MR) is 172 cm³/mol. The Labute approximate surface area is 251 Å². The van der Waals surface area contributed by atoms with E-state index in [1.165, 1.54) is 22.0 Å². The van der Waals surface area contributed by atoms with Crippen molar-refractivity contribution in [2.24, 2.45) is 5.92 Å². The van der Waals surface area contributed by atoms with Gasteiger partial charge < -0.3 is 19.1 Å². The van der Waals surface area contributed by atoms with E-state index in [4.69, 9.17) is 9.16 Å². The molecule has 2 unspecified atom stereocenters. The first-order chi connectivity index (χ1) is 19.6. The van der Waals surface area contributed by atoms with Gasteiger partial charge in [0.25, 0.3) is 5.56 Å². The topological polar surface area (TPSA) is 114 Å². The van der Waals surface area contributed by atoms with Crippen LogP contribution < -0.4 is 16.4 Å². The van der Waals surface area contributed by atoms with Crippen molar-refractivity contribution in [3.8, 4) is 0 Å². The van der Waals surface area contributed by atoms with E-state index >= 15 is 0 Å². The second-order valence-corrected chi connectivity index (χ2v) is 23.1. The van der Waals surface area contributed by atoms with Crippen molar-refractivity contribution in [2.75, 3.05) is 6.61 Å². The molecule has 230 valence electrons. The molecule has 1 fully saturated rings. The maximum absolute atomic E-state index is 12.7. The van der Waals surface area contributed by atoms with E-state index in [9.17, 15) is 19.5 Å². The van der Waals surface area contributed by atoms with Crippen molar-refractivity contribution < 1.29 is 19.1 Å². The highest BCUT2D eigenvalue weighted by Gasteiger charge is 2.55. The fraction of sp³-hybridized carbons (Fsp3) is 0.562. The first kappa shape index (κ1) is 32.6. The van der Waals surface area contributed by atoms with Crippen molar-refractivity contribution in [1.29, 1.82) is 0 Å². The Kier molecular flexibility index (Phi) is 9.56. The molecule has 4 rings (SSSR count). The van der Waals surface area contributed by atoms with E-state index in [-0.39, 0.29) is 28.1 Å². The maximum Gasteiger partial charge on any atom is 0.330 e. The summed E-state index contributed by atoms with van der Waals surface area (Å²) in [5.74, 6) is -0.339. The second-order valence-electron chi connectivity index (χ2n) is 14.0. The predicted octanol–water partition coefficient (Wildman–Crippen LogP) is 4.72. The molecule has 1 aliphatic carbocycles. The number of aromatic nitrogens is 2. The molecular formula is C32H48N2O6Si2. The van der Waals surface area contributed by atoms with Gasteiger partial charge in [-0.3, -0.25) is 14.3 Å². The van der Waals surface area contributed by atoms with Gasteiger partial charge in [-0.25, -0.2) is 4.79 Å². The van der Waals surface area contributed by atoms with Gasteiger partial charge in [0.1, 0.15) is 6.10 Å². The van der Waals surface area contributed by atoms with Crippen LogP contribution in [-0.2, 0) is 9.16 Å². The fourth-order valence-electron chi connectivity index (χ4n) is 6.39. The summed E-state index contributed by atoms with van der Waals surface area (Å²) in [6.45, 7) is 15.0. The summed E-state index contributed by atoms with van der Waals surface area (Å²) in [6.07, 6.45) is 9.73. The summed E-state index contributed by atoms with van der Waals surface area (Å²) in [5, 5.41) is 12.4. The Morgan fingerprint density at radius 2 is 1.76 bits per heavy atom. The van der Waals surface area contributed by atoms with Gasteiger partial charge in [-0.2, -0.15) is 0 Å². The standard InChI is InChI=1S/C32H48N2O6Si2/c1-31(2,3)42(23-14-10-8-11-15-23,24-16-12-9-13-17-24)39-22-26-25(18-20-32(4,5)41(6,7)38)28(36)29(40-26)34-21-19-27(35)33-30(34)37/h8-16,19,21,24-26,28-29,36,38H,17-18,20,22H2,1-7H3,(H,33,35,37)/t24?,25-,26-,28-,29-,42?/m1/s1. The van der Waals surface area contributed by atoms with Crippen LogP contribution in [0.3, 0.4) is 0 Å². The molecule has 1 aromatic carbocycles. The van der Waals surface area contributed by atoms with Gasteiger partial charge in [-0.1, -0.05) is 89.3 Å². The lowest BCUT2D eigenvalue weighted by Gasteiger charge is -2.47. The first-order valence-corrected chi connectivity index (χ1v) is 19.9. The molecule has 0 radical (unpaired) electrons. The summed E-state index contributed by atoms with van der Waals surface area (Å²) >= 11 is 0. The number of aromatic amines is 1. The van der Waals surface area contributed by atoms with Gasteiger partial charge in [0, 0.05) is 23.7 Å². The van der Waals surface area contributed by atoms with E-state index < -0.39 is 46.3 Å². The number of rotatable bonds is 10. The number of H-pyrrole nitrogens is 1. The van der Waals surface area contributed by atoms with E-state index in [0.29, 0.717) is 12.8 Å². The molecule has 6 atom stereocenters. The Hall–Kier alpha value is -2.35. The van der Waals surface area contributed by atoms with Crippen LogP contribution in [0, 0.1) is 5.92 Å². The zero-order chi connectivity index (χ0) is 30.9. The molecule has 0 spiro atoms. The summed E-state index contributed by atoms with van der Waals surface area (Å²) in [5.41, 5.74) is -0.930. The van der Waals surface area contributed by atoms with E-state index in [1.54, 1.807) is 0 Å². The van der Waals surface area contributed by atoms with E-state index in [1.807, 2.05) is 19.2 Å². The quantitative estimate of drug-likeness (QED) is 0.335. The number of allylic oxidation sites excluding steroid dienone is 4. The van der Waals surface area contributed by atoms with Crippen LogP contribution in [0.2, 0.25) is 28.7 Å². The van der Waals surface area contributed by atoms with Gasteiger partial charge in [0.2, 0.25) is 8.32 Å². The molecule has 0 saturated carbocycles. The Morgan fingerprint density at radius 3 is 2.33 bits per heavy atom. The highest BCUT2D eigenvalue weighted by Crippen LogP contribution is 2.49. The molecule has 2 aliphatic rings.